The minimum atomic E-state index is -0.0188. The Morgan fingerprint density at radius 3 is 1.58 bits per heavy atom. The molecular weight excluding hydrogens is 962 g/mol. The molecule has 4 aliphatic rings. The molecule has 0 amide bonds. The van der Waals surface area contributed by atoms with Gasteiger partial charge in [-0.25, -0.2) is 0 Å². The summed E-state index contributed by atoms with van der Waals surface area (Å²) in [6.07, 6.45) is 3.45. The Hall–Kier alpha value is -6.56. The van der Waals surface area contributed by atoms with E-state index >= 15 is 0 Å². The molecule has 0 N–H and O–H groups in total. The van der Waals surface area contributed by atoms with Gasteiger partial charge in [0.15, 0.2) is 0 Å². The van der Waals surface area contributed by atoms with Crippen molar-refractivity contribution in [2.24, 2.45) is 0 Å². The minimum Gasteiger partial charge on any atom is -0.311 e. The van der Waals surface area contributed by atoms with Crippen molar-refractivity contribution in [2.45, 2.75) is 163 Å². The second kappa shape index (κ2) is 17.0. The van der Waals surface area contributed by atoms with Crippen LogP contribution in [0.15, 0.2) is 146 Å². The van der Waals surface area contributed by atoms with Crippen LogP contribution < -0.4 is 31.1 Å². The molecule has 1 aromatic heterocycles. The summed E-state index contributed by atoms with van der Waals surface area (Å²) < 4.78 is 2.63. The van der Waals surface area contributed by atoms with Crippen LogP contribution in [0.5, 0.6) is 0 Å². The van der Waals surface area contributed by atoms with E-state index in [4.69, 9.17) is 0 Å². The second-order valence-electron chi connectivity index (χ2n) is 28.6. The van der Waals surface area contributed by atoms with E-state index in [1.807, 2.05) is 11.3 Å². The van der Waals surface area contributed by atoms with Crippen LogP contribution in [0.1, 0.15) is 161 Å². The molecule has 2 aliphatic heterocycles. The zero-order valence-electron chi connectivity index (χ0n) is 49.3. The quantitative estimate of drug-likeness (QED) is 0.159. The van der Waals surface area contributed by atoms with Gasteiger partial charge in [0, 0.05) is 71.4 Å². The Morgan fingerprint density at radius 2 is 0.962 bits per heavy atom. The monoisotopic (exact) mass is 1040 g/mol. The summed E-state index contributed by atoms with van der Waals surface area (Å²) in [5, 5.41) is 2.61. The highest BCUT2D eigenvalue weighted by atomic mass is 32.1. The number of rotatable bonds is 5. The van der Waals surface area contributed by atoms with Gasteiger partial charge in [-0.3, -0.25) is 0 Å². The molecule has 3 nitrogen and oxygen atoms in total. The molecule has 394 valence electrons. The predicted molar refractivity (Wildman–Crippen MR) is 341 cm³/mol. The van der Waals surface area contributed by atoms with Gasteiger partial charge in [0.05, 0.1) is 0 Å². The second-order valence-corrected chi connectivity index (χ2v) is 29.7. The minimum absolute atomic E-state index is 0.0188. The molecule has 8 aromatic carbocycles. The zero-order valence-corrected chi connectivity index (χ0v) is 50.1. The van der Waals surface area contributed by atoms with Crippen LogP contribution in [-0.2, 0) is 32.5 Å². The lowest BCUT2D eigenvalue weighted by Gasteiger charge is -2.48. The van der Waals surface area contributed by atoms with Gasteiger partial charge in [0.25, 0.3) is 6.71 Å². The first-order valence-electron chi connectivity index (χ1n) is 28.9. The highest BCUT2D eigenvalue weighted by Gasteiger charge is 2.48. The lowest BCUT2D eigenvalue weighted by molar-refractivity contribution is 0.332. The van der Waals surface area contributed by atoms with Crippen molar-refractivity contribution in [1.29, 1.82) is 0 Å². The fourth-order valence-electron chi connectivity index (χ4n) is 14.7. The van der Waals surface area contributed by atoms with Gasteiger partial charge in [-0.05, 0) is 211 Å². The summed E-state index contributed by atoms with van der Waals surface area (Å²) in [4.78, 5) is 7.86. The van der Waals surface area contributed by atoms with Crippen molar-refractivity contribution in [2.75, 3.05) is 14.7 Å². The summed E-state index contributed by atoms with van der Waals surface area (Å²) in [7, 11) is 0. The normalized spacial score (nSPS) is 17.4. The van der Waals surface area contributed by atoms with Crippen LogP contribution in [0.4, 0.5) is 51.2 Å². The van der Waals surface area contributed by atoms with E-state index < -0.39 is 0 Å². The maximum absolute atomic E-state index is 2.73. The maximum atomic E-state index is 2.73. The van der Waals surface area contributed by atoms with Gasteiger partial charge in [-0.1, -0.05) is 158 Å². The number of hydrogen-bond acceptors (Lipinski definition) is 4. The lowest BCUT2D eigenvalue weighted by atomic mass is 9.33. The first kappa shape index (κ1) is 50.9. The molecule has 0 bridgehead atoms. The standard InChI is InChI=1S/C73H78BN3S/c1-44-35-63-67-64(36-44)77(60-41-57-54(37-45(60)2)72(13,14)43-73(57,15)16)62-42-56-55(70(9,10)33-34-71(56,11)12)40-59(62)74(67)58-31-29-51(39-61(58)76(63)50-30-32-66-53(38-50)52-19-17-18-20-65(52)78-66)75(48-25-21-46(22-26-48)68(3,4)5)49-27-23-47(24-28-49)69(6,7)8/h17-32,35-42H,33-34,43H2,1-16H3. The third kappa shape index (κ3) is 7.86. The van der Waals surface area contributed by atoms with Crippen molar-refractivity contribution >= 4 is 106 Å². The van der Waals surface area contributed by atoms with E-state index in [1.165, 1.54) is 115 Å². The van der Waals surface area contributed by atoms with Crippen molar-refractivity contribution in [3.63, 3.8) is 0 Å². The van der Waals surface area contributed by atoms with Gasteiger partial charge >= 0.3 is 0 Å². The molecule has 0 saturated heterocycles. The van der Waals surface area contributed by atoms with Gasteiger partial charge in [0.1, 0.15) is 0 Å². The SMILES string of the molecule is Cc1cc2c3c(c1)N(c1cc4c(cc1C)C(C)(C)CC4(C)C)c1cc4c(cc1B3c1ccc(N(c3ccc(C(C)(C)C)cc3)c3ccc(C(C)(C)C)cc3)cc1N2c1ccc2sc3ccccc3c2c1)C(C)(C)CCC4(C)C. The highest BCUT2D eigenvalue weighted by molar-refractivity contribution is 7.25. The summed E-state index contributed by atoms with van der Waals surface area (Å²) >= 11 is 1.89. The highest BCUT2D eigenvalue weighted by Crippen LogP contribution is 2.55. The van der Waals surface area contributed by atoms with E-state index in [-0.39, 0.29) is 39.2 Å². The molecule has 9 aromatic rings. The van der Waals surface area contributed by atoms with Crippen molar-refractivity contribution < 1.29 is 0 Å². The molecule has 5 heteroatoms. The number of hydrogen-bond donors (Lipinski definition) is 0. The fraction of sp³-hybridized carbons (Fsp3) is 0.342. The molecule has 0 spiro atoms. The van der Waals surface area contributed by atoms with Crippen LogP contribution in [-0.4, -0.2) is 6.71 Å². The Morgan fingerprint density at radius 1 is 0.449 bits per heavy atom. The first-order chi connectivity index (χ1) is 36.7. The van der Waals surface area contributed by atoms with E-state index in [2.05, 4.69) is 271 Å². The first-order valence-corrected chi connectivity index (χ1v) is 29.7. The van der Waals surface area contributed by atoms with Gasteiger partial charge in [-0.2, -0.15) is 0 Å². The molecule has 0 radical (unpaired) electrons. The predicted octanol–water partition coefficient (Wildman–Crippen LogP) is 19.1. The molecule has 3 heterocycles. The summed E-state index contributed by atoms with van der Waals surface area (Å²) in [5.74, 6) is 0. The van der Waals surface area contributed by atoms with Crippen molar-refractivity contribution in [3.05, 3.63) is 190 Å². The number of fused-ring (bicyclic) bond motifs is 9. The third-order valence-electron chi connectivity index (χ3n) is 18.9. The van der Waals surface area contributed by atoms with Crippen LogP contribution in [0.3, 0.4) is 0 Å². The number of benzene rings is 8. The zero-order chi connectivity index (χ0) is 55.0. The van der Waals surface area contributed by atoms with Crippen LogP contribution in [0, 0.1) is 13.8 Å². The van der Waals surface area contributed by atoms with E-state index in [9.17, 15) is 0 Å². The average Bonchev–Trinajstić information content (AvgIpc) is 2.99. The smallest absolute Gasteiger partial charge is 0.252 e. The molecule has 78 heavy (non-hydrogen) atoms. The number of thiophene rings is 1. The largest absolute Gasteiger partial charge is 0.311 e. The number of nitrogens with zero attached hydrogens (tertiary/aromatic N) is 3. The molecule has 2 aliphatic carbocycles. The number of aryl methyl sites for hydroxylation is 2. The average molecular weight is 1040 g/mol. The van der Waals surface area contributed by atoms with E-state index in [1.54, 1.807) is 0 Å². The maximum Gasteiger partial charge on any atom is 0.252 e. The fourth-order valence-corrected chi connectivity index (χ4v) is 15.8. The Balaban J connectivity index is 1.12. The molecular formula is C73H78BN3S. The van der Waals surface area contributed by atoms with Gasteiger partial charge in [-0.15, -0.1) is 11.3 Å². The van der Waals surface area contributed by atoms with Crippen LogP contribution >= 0.6 is 11.3 Å². The van der Waals surface area contributed by atoms with E-state index in [0.29, 0.717) is 0 Å². The summed E-state index contributed by atoms with van der Waals surface area (Å²) in [6.45, 7) is 38.3. The molecule has 0 fully saturated rings. The lowest BCUT2D eigenvalue weighted by Crippen LogP contribution is -2.62. The Labute approximate surface area is 470 Å². The van der Waals surface area contributed by atoms with Crippen LogP contribution in [0.25, 0.3) is 20.2 Å². The van der Waals surface area contributed by atoms with Gasteiger partial charge in [0.2, 0.25) is 0 Å². The molecule has 13 rings (SSSR count). The third-order valence-corrected chi connectivity index (χ3v) is 20.1. The van der Waals surface area contributed by atoms with E-state index in [0.717, 1.165) is 36.3 Å². The molecule has 0 unspecified atom stereocenters. The van der Waals surface area contributed by atoms with Crippen molar-refractivity contribution in [1.82, 2.24) is 0 Å². The summed E-state index contributed by atoms with van der Waals surface area (Å²) in [5.41, 5.74) is 26.6. The molecule has 0 saturated carbocycles. The van der Waals surface area contributed by atoms with Crippen molar-refractivity contribution in [3.8, 4) is 0 Å². The van der Waals surface area contributed by atoms with Crippen LogP contribution in [0.2, 0.25) is 0 Å². The number of anilines is 9. The Kier molecular flexibility index (Phi) is 11.1. The topological polar surface area (TPSA) is 9.72 Å². The van der Waals surface area contributed by atoms with Gasteiger partial charge < -0.3 is 14.7 Å². The summed E-state index contributed by atoms with van der Waals surface area (Å²) in [6, 6.07) is 57.8. The molecule has 0 atom stereocenters. The Bertz CT molecular complexity index is 3890.